The van der Waals surface area contributed by atoms with Crippen LogP contribution in [0.3, 0.4) is 0 Å². The number of rotatable bonds is 6. The Morgan fingerprint density at radius 1 is 1.44 bits per heavy atom. The van der Waals surface area contributed by atoms with Crippen LogP contribution >= 0.6 is 22.9 Å². The molecule has 0 atom stereocenters. The van der Waals surface area contributed by atoms with Gasteiger partial charge < -0.3 is 10.3 Å². The zero-order chi connectivity index (χ0) is 13.0. The molecule has 2 aromatic rings. The highest BCUT2D eigenvalue weighted by atomic mass is 35.5. The molecule has 3 nitrogen and oxygen atoms in total. The van der Waals surface area contributed by atoms with E-state index in [9.17, 15) is 0 Å². The molecule has 0 amide bonds. The lowest BCUT2D eigenvalue weighted by molar-refractivity contribution is 0.567. The fourth-order valence-corrected chi connectivity index (χ4v) is 2.73. The van der Waals surface area contributed by atoms with Gasteiger partial charge in [-0.3, -0.25) is 0 Å². The monoisotopic (exact) mass is 283 g/mol. The van der Waals surface area contributed by atoms with Gasteiger partial charge in [-0.05, 0) is 25.1 Å². The summed E-state index contributed by atoms with van der Waals surface area (Å²) in [6.45, 7) is 5.34. The van der Waals surface area contributed by atoms with E-state index in [0.29, 0.717) is 6.04 Å². The van der Waals surface area contributed by atoms with Crippen LogP contribution in [0.4, 0.5) is 0 Å². The van der Waals surface area contributed by atoms with E-state index in [1.807, 2.05) is 18.3 Å². The molecule has 0 saturated heterocycles. The van der Waals surface area contributed by atoms with Crippen LogP contribution in [-0.4, -0.2) is 22.6 Å². The molecule has 2 N–H and O–H groups in total. The smallest absolute Gasteiger partial charge is 0.106 e. The first-order valence-corrected chi connectivity index (χ1v) is 7.37. The second kappa shape index (κ2) is 6.36. The summed E-state index contributed by atoms with van der Waals surface area (Å²) in [5.41, 5.74) is 1.05. The molecule has 0 aliphatic carbocycles. The molecule has 2 aromatic heterocycles. The molecular weight excluding hydrogens is 266 g/mol. The molecule has 0 aromatic carbocycles. The van der Waals surface area contributed by atoms with Crippen LogP contribution in [0, 0.1) is 0 Å². The summed E-state index contributed by atoms with van der Waals surface area (Å²) in [7, 11) is 0. The van der Waals surface area contributed by atoms with Crippen molar-refractivity contribution in [1.29, 1.82) is 0 Å². The Labute approximate surface area is 117 Å². The molecule has 0 aliphatic rings. The summed E-state index contributed by atoms with van der Waals surface area (Å²) in [4.78, 5) is 8.88. The maximum atomic E-state index is 5.93. The number of H-pyrrole nitrogens is 1. The quantitative estimate of drug-likeness (QED) is 0.793. The zero-order valence-electron chi connectivity index (χ0n) is 10.7. The molecule has 0 saturated carbocycles. The summed E-state index contributed by atoms with van der Waals surface area (Å²) in [5.74, 6) is 1.04. The van der Waals surface area contributed by atoms with Crippen LogP contribution < -0.4 is 5.32 Å². The largest absolute Gasteiger partial charge is 0.341 e. The van der Waals surface area contributed by atoms with Crippen molar-refractivity contribution in [3.05, 3.63) is 28.5 Å². The standard InChI is InChI=1S/C13H18ClN3S/c1-9(2)15-7-3-4-13-16-8-10(17-13)11-5-6-12(14)18-11/h5-6,8-9,15H,3-4,7H2,1-2H3,(H,16,17). The average molecular weight is 284 g/mol. The van der Waals surface area contributed by atoms with Crippen LogP contribution in [0.2, 0.25) is 4.34 Å². The van der Waals surface area contributed by atoms with Gasteiger partial charge >= 0.3 is 0 Å². The molecule has 0 aliphatic heterocycles. The Bertz CT molecular complexity index is 490. The summed E-state index contributed by atoms with van der Waals surface area (Å²) in [6, 6.07) is 4.48. The minimum atomic E-state index is 0.547. The van der Waals surface area contributed by atoms with E-state index in [2.05, 4.69) is 29.1 Å². The van der Waals surface area contributed by atoms with Gasteiger partial charge in [-0.15, -0.1) is 11.3 Å². The number of aromatic amines is 1. The zero-order valence-corrected chi connectivity index (χ0v) is 12.2. The number of nitrogens with zero attached hydrogens (tertiary/aromatic N) is 1. The Hall–Kier alpha value is -0.840. The third-order valence-corrected chi connectivity index (χ3v) is 3.87. The number of halogens is 1. The van der Waals surface area contributed by atoms with Crippen molar-refractivity contribution < 1.29 is 0 Å². The van der Waals surface area contributed by atoms with E-state index in [0.717, 1.165) is 40.1 Å². The van der Waals surface area contributed by atoms with Crippen molar-refractivity contribution in [2.45, 2.75) is 32.7 Å². The van der Waals surface area contributed by atoms with E-state index in [-0.39, 0.29) is 0 Å². The van der Waals surface area contributed by atoms with Crippen molar-refractivity contribution in [2.75, 3.05) is 6.54 Å². The number of aryl methyl sites for hydroxylation is 1. The number of thiophene rings is 1. The average Bonchev–Trinajstić information content (AvgIpc) is 2.93. The molecule has 5 heteroatoms. The van der Waals surface area contributed by atoms with E-state index in [1.54, 1.807) is 11.3 Å². The van der Waals surface area contributed by atoms with Gasteiger partial charge in [0, 0.05) is 12.5 Å². The molecule has 98 valence electrons. The molecule has 2 heterocycles. The molecule has 0 spiro atoms. The van der Waals surface area contributed by atoms with Crippen molar-refractivity contribution in [1.82, 2.24) is 15.3 Å². The summed E-state index contributed by atoms with van der Waals surface area (Å²) in [6.07, 6.45) is 3.95. The first kappa shape index (κ1) is 13.6. The maximum absolute atomic E-state index is 5.93. The SMILES string of the molecule is CC(C)NCCCc1ncc(-c2ccc(Cl)s2)[nH]1. The van der Waals surface area contributed by atoms with E-state index < -0.39 is 0 Å². The summed E-state index contributed by atoms with van der Waals surface area (Å²) >= 11 is 7.49. The molecule has 18 heavy (non-hydrogen) atoms. The van der Waals surface area contributed by atoms with Gasteiger partial charge in [0.2, 0.25) is 0 Å². The van der Waals surface area contributed by atoms with Crippen molar-refractivity contribution in [2.24, 2.45) is 0 Å². The van der Waals surface area contributed by atoms with Crippen LogP contribution in [0.15, 0.2) is 18.3 Å². The third kappa shape index (κ3) is 3.83. The summed E-state index contributed by atoms with van der Waals surface area (Å²) < 4.78 is 0.808. The van der Waals surface area contributed by atoms with E-state index >= 15 is 0 Å². The van der Waals surface area contributed by atoms with Gasteiger partial charge in [-0.2, -0.15) is 0 Å². The van der Waals surface area contributed by atoms with Gasteiger partial charge in [-0.1, -0.05) is 25.4 Å². The lowest BCUT2D eigenvalue weighted by Gasteiger charge is -2.06. The molecular formula is C13H18ClN3S. The lowest BCUT2D eigenvalue weighted by Crippen LogP contribution is -2.24. The minimum absolute atomic E-state index is 0.547. The molecule has 2 rings (SSSR count). The van der Waals surface area contributed by atoms with Crippen LogP contribution in [-0.2, 0) is 6.42 Å². The number of aromatic nitrogens is 2. The second-order valence-electron chi connectivity index (χ2n) is 4.56. The van der Waals surface area contributed by atoms with Crippen LogP contribution in [0.25, 0.3) is 10.6 Å². The van der Waals surface area contributed by atoms with Gasteiger partial charge in [-0.25, -0.2) is 4.98 Å². The van der Waals surface area contributed by atoms with Crippen LogP contribution in [0.5, 0.6) is 0 Å². The molecule has 0 unspecified atom stereocenters. The molecule has 0 bridgehead atoms. The minimum Gasteiger partial charge on any atom is -0.341 e. The number of hydrogen-bond acceptors (Lipinski definition) is 3. The van der Waals surface area contributed by atoms with Gasteiger partial charge in [0.25, 0.3) is 0 Å². The molecule has 0 radical (unpaired) electrons. The fraction of sp³-hybridized carbons (Fsp3) is 0.462. The summed E-state index contributed by atoms with van der Waals surface area (Å²) in [5, 5.41) is 3.40. The topological polar surface area (TPSA) is 40.7 Å². The number of imidazole rings is 1. The Morgan fingerprint density at radius 3 is 2.94 bits per heavy atom. The van der Waals surface area contributed by atoms with E-state index in [4.69, 9.17) is 11.6 Å². The van der Waals surface area contributed by atoms with Gasteiger partial charge in [0.05, 0.1) is 21.1 Å². The van der Waals surface area contributed by atoms with Gasteiger partial charge in [0.15, 0.2) is 0 Å². The fourth-order valence-electron chi connectivity index (χ4n) is 1.72. The Kier molecular flexibility index (Phi) is 4.80. The second-order valence-corrected chi connectivity index (χ2v) is 6.27. The van der Waals surface area contributed by atoms with Crippen molar-refractivity contribution in [3.63, 3.8) is 0 Å². The highest BCUT2D eigenvalue weighted by Gasteiger charge is 2.05. The first-order valence-electron chi connectivity index (χ1n) is 6.18. The van der Waals surface area contributed by atoms with E-state index in [1.165, 1.54) is 0 Å². The first-order chi connectivity index (χ1) is 8.65. The highest BCUT2D eigenvalue weighted by Crippen LogP contribution is 2.29. The third-order valence-electron chi connectivity index (χ3n) is 2.61. The highest BCUT2D eigenvalue weighted by molar-refractivity contribution is 7.19. The Morgan fingerprint density at radius 2 is 2.28 bits per heavy atom. The number of hydrogen-bond donors (Lipinski definition) is 2. The normalized spacial score (nSPS) is 11.3. The lowest BCUT2D eigenvalue weighted by atomic mass is 10.3. The predicted octanol–water partition coefficient (Wildman–Crippen LogP) is 3.72. The number of nitrogens with one attached hydrogen (secondary N) is 2. The van der Waals surface area contributed by atoms with Crippen LogP contribution in [0.1, 0.15) is 26.1 Å². The Balaban J connectivity index is 1.86. The predicted molar refractivity (Wildman–Crippen MR) is 78.4 cm³/mol. The maximum Gasteiger partial charge on any atom is 0.106 e. The molecule has 0 fully saturated rings. The van der Waals surface area contributed by atoms with Crippen molar-refractivity contribution in [3.8, 4) is 10.6 Å². The van der Waals surface area contributed by atoms with Crippen molar-refractivity contribution >= 4 is 22.9 Å². The van der Waals surface area contributed by atoms with Gasteiger partial charge in [0.1, 0.15) is 5.82 Å².